The zero-order valence-electron chi connectivity index (χ0n) is 15.8. The summed E-state index contributed by atoms with van der Waals surface area (Å²) in [6, 6.07) is 8.91. The van der Waals surface area contributed by atoms with Gasteiger partial charge in [0.1, 0.15) is 5.82 Å². The quantitative estimate of drug-likeness (QED) is 0.652. The number of carbonyl (C=O) groups excluding carboxylic acids is 2. The maximum absolute atomic E-state index is 12.6. The average molecular weight is 402 g/mol. The van der Waals surface area contributed by atoms with Gasteiger partial charge in [0, 0.05) is 12.1 Å². The van der Waals surface area contributed by atoms with Gasteiger partial charge in [0.2, 0.25) is 5.91 Å². The number of halogens is 1. The molecule has 2 aromatic rings. The predicted octanol–water partition coefficient (Wildman–Crippen LogP) is 5.17. The molecule has 0 saturated heterocycles. The molecule has 28 heavy (non-hydrogen) atoms. The van der Waals surface area contributed by atoms with Crippen LogP contribution in [0.25, 0.3) is 0 Å². The molecule has 0 radical (unpaired) electrons. The van der Waals surface area contributed by atoms with Crippen LogP contribution in [-0.2, 0) is 9.53 Å². The smallest absolute Gasteiger partial charge is 0.339 e. The van der Waals surface area contributed by atoms with Crippen LogP contribution in [0.3, 0.4) is 0 Å². The third-order valence-electron chi connectivity index (χ3n) is 4.77. The molecule has 3 rings (SSSR count). The monoisotopic (exact) mass is 401 g/mol. The summed E-state index contributed by atoms with van der Waals surface area (Å²) in [5.41, 5.74) is 1.65. The lowest BCUT2D eigenvalue weighted by Gasteiger charge is -2.21. The lowest BCUT2D eigenvalue weighted by atomic mass is 9.88. The number of rotatable bonds is 6. The molecule has 7 heteroatoms. The molecule has 6 nitrogen and oxygen atoms in total. The van der Waals surface area contributed by atoms with E-state index in [9.17, 15) is 9.59 Å². The highest BCUT2D eigenvalue weighted by atomic mass is 35.5. The molecule has 1 heterocycles. The Morgan fingerprint density at radius 1 is 1.18 bits per heavy atom. The number of aromatic nitrogens is 1. The first kappa shape index (κ1) is 20.1. The Balaban J connectivity index is 1.74. The van der Waals surface area contributed by atoms with Gasteiger partial charge < -0.3 is 15.4 Å². The van der Waals surface area contributed by atoms with E-state index < -0.39 is 5.97 Å². The van der Waals surface area contributed by atoms with Crippen molar-refractivity contribution >= 4 is 40.7 Å². The standard InChI is InChI=1S/C21H24ClN3O3/c1-2-28-21(27)15-12-16(22)19(23-13-15)24-17-10-6-7-11-18(17)25-20(26)14-8-4-3-5-9-14/h6-7,10-14H,2-5,8-9H2,1H3,(H,23,24)(H,25,26). The minimum absolute atomic E-state index is 0.0469. The molecular formula is C21H24ClN3O3. The summed E-state index contributed by atoms with van der Waals surface area (Å²) in [6.45, 7) is 2.02. The minimum Gasteiger partial charge on any atom is -0.462 e. The molecule has 0 spiro atoms. The Bertz CT molecular complexity index is 851. The normalized spacial score (nSPS) is 14.4. The molecule has 148 valence electrons. The van der Waals surface area contributed by atoms with Gasteiger partial charge in [-0.25, -0.2) is 9.78 Å². The summed E-state index contributed by atoms with van der Waals surface area (Å²) < 4.78 is 4.96. The van der Waals surface area contributed by atoms with Crippen LogP contribution in [0.1, 0.15) is 49.4 Å². The van der Waals surface area contributed by atoms with Crippen molar-refractivity contribution in [1.29, 1.82) is 0 Å². The second kappa shape index (κ2) is 9.55. The largest absolute Gasteiger partial charge is 0.462 e. The van der Waals surface area contributed by atoms with Crippen molar-refractivity contribution in [2.75, 3.05) is 17.2 Å². The number of hydrogen-bond acceptors (Lipinski definition) is 5. The number of ether oxygens (including phenoxy) is 1. The number of nitrogens with one attached hydrogen (secondary N) is 2. The predicted molar refractivity (Wildman–Crippen MR) is 110 cm³/mol. The summed E-state index contributed by atoms with van der Waals surface area (Å²) >= 11 is 6.28. The van der Waals surface area contributed by atoms with Crippen molar-refractivity contribution in [1.82, 2.24) is 4.98 Å². The molecule has 1 fully saturated rings. The van der Waals surface area contributed by atoms with Crippen molar-refractivity contribution in [3.05, 3.63) is 47.1 Å². The number of para-hydroxylation sites is 2. The number of amides is 1. The molecule has 0 bridgehead atoms. The second-order valence-electron chi connectivity index (χ2n) is 6.77. The molecule has 1 aliphatic rings. The van der Waals surface area contributed by atoms with E-state index in [0.717, 1.165) is 25.7 Å². The Morgan fingerprint density at radius 2 is 1.89 bits per heavy atom. The highest BCUT2D eigenvalue weighted by Gasteiger charge is 2.22. The maximum Gasteiger partial charge on any atom is 0.339 e. The zero-order chi connectivity index (χ0) is 19.9. The number of carbonyl (C=O) groups is 2. The molecule has 1 aliphatic carbocycles. The van der Waals surface area contributed by atoms with Gasteiger partial charge in [-0.15, -0.1) is 0 Å². The Hall–Kier alpha value is -2.60. The summed E-state index contributed by atoms with van der Waals surface area (Å²) in [6.07, 6.45) is 6.69. The number of anilines is 3. The average Bonchev–Trinajstić information content (AvgIpc) is 2.71. The van der Waals surface area contributed by atoms with E-state index in [1.807, 2.05) is 24.3 Å². The summed E-state index contributed by atoms with van der Waals surface area (Å²) in [5.74, 6) is 0.0377. The number of nitrogens with zero attached hydrogens (tertiary/aromatic N) is 1. The van der Waals surface area contributed by atoms with E-state index >= 15 is 0 Å². The van der Waals surface area contributed by atoms with Gasteiger partial charge in [-0.1, -0.05) is 43.0 Å². The molecule has 0 unspecified atom stereocenters. The fraction of sp³-hybridized carbons (Fsp3) is 0.381. The van der Waals surface area contributed by atoms with Gasteiger partial charge in [-0.3, -0.25) is 4.79 Å². The molecule has 1 saturated carbocycles. The van der Waals surface area contributed by atoms with E-state index in [1.165, 1.54) is 18.7 Å². The molecular weight excluding hydrogens is 378 g/mol. The van der Waals surface area contributed by atoms with E-state index in [0.29, 0.717) is 22.2 Å². The maximum atomic E-state index is 12.6. The topological polar surface area (TPSA) is 80.3 Å². The SMILES string of the molecule is CCOC(=O)c1cnc(Nc2ccccc2NC(=O)C2CCCCC2)c(Cl)c1. The third kappa shape index (κ3) is 5.01. The van der Waals surface area contributed by atoms with Gasteiger partial charge >= 0.3 is 5.97 Å². The highest BCUT2D eigenvalue weighted by Crippen LogP contribution is 2.30. The molecule has 1 aromatic carbocycles. The van der Waals surface area contributed by atoms with Crippen molar-refractivity contribution < 1.29 is 14.3 Å². The van der Waals surface area contributed by atoms with E-state index in [-0.39, 0.29) is 24.0 Å². The van der Waals surface area contributed by atoms with Gasteiger partial charge in [0.25, 0.3) is 0 Å². The number of hydrogen-bond donors (Lipinski definition) is 2. The summed E-state index contributed by atoms with van der Waals surface area (Å²) in [4.78, 5) is 28.6. The van der Waals surface area contributed by atoms with Crippen LogP contribution < -0.4 is 10.6 Å². The van der Waals surface area contributed by atoms with Crippen LogP contribution >= 0.6 is 11.6 Å². The minimum atomic E-state index is -0.469. The fourth-order valence-electron chi connectivity index (χ4n) is 3.28. The molecule has 0 atom stereocenters. The summed E-state index contributed by atoms with van der Waals surface area (Å²) in [7, 11) is 0. The van der Waals surface area contributed by atoms with Gasteiger partial charge in [0.15, 0.2) is 0 Å². The fourth-order valence-corrected chi connectivity index (χ4v) is 3.50. The first-order chi connectivity index (χ1) is 13.6. The number of benzene rings is 1. The van der Waals surface area contributed by atoms with Crippen molar-refractivity contribution in [2.24, 2.45) is 5.92 Å². The van der Waals surface area contributed by atoms with E-state index in [1.54, 1.807) is 6.92 Å². The molecule has 0 aliphatic heterocycles. The highest BCUT2D eigenvalue weighted by molar-refractivity contribution is 6.33. The lowest BCUT2D eigenvalue weighted by Crippen LogP contribution is -2.25. The molecule has 2 N–H and O–H groups in total. The van der Waals surface area contributed by atoms with Gasteiger partial charge in [0.05, 0.1) is 28.6 Å². The van der Waals surface area contributed by atoms with Crippen LogP contribution in [0.15, 0.2) is 36.5 Å². The number of esters is 1. The first-order valence-corrected chi connectivity index (χ1v) is 9.96. The van der Waals surface area contributed by atoms with Crippen LogP contribution in [0.4, 0.5) is 17.2 Å². The van der Waals surface area contributed by atoms with Crippen molar-refractivity contribution in [3.63, 3.8) is 0 Å². The molecule has 1 amide bonds. The van der Waals surface area contributed by atoms with E-state index in [2.05, 4.69) is 15.6 Å². The van der Waals surface area contributed by atoms with Crippen molar-refractivity contribution in [2.45, 2.75) is 39.0 Å². The van der Waals surface area contributed by atoms with Crippen LogP contribution in [0.2, 0.25) is 5.02 Å². The van der Waals surface area contributed by atoms with Crippen LogP contribution in [-0.4, -0.2) is 23.5 Å². The van der Waals surface area contributed by atoms with Gasteiger partial charge in [-0.05, 0) is 38.0 Å². The van der Waals surface area contributed by atoms with E-state index in [4.69, 9.17) is 16.3 Å². The van der Waals surface area contributed by atoms with Crippen LogP contribution in [0, 0.1) is 5.92 Å². The van der Waals surface area contributed by atoms with Crippen molar-refractivity contribution in [3.8, 4) is 0 Å². The molecule has 1 aromatic heterocycles. The van der Waals surface area contributed by atoms with Crippen LogP contribution in [0.5, 0.6) is 0 Å². The second-order valence-corrected chi connectivity index (χ2v) is 7.18. The zero-order valence-corrected chi connectivity index (χ0v) is 16.6. The van der Waals surface area contributed by atoms with Gasteiger partial charge in [-0.2, -0.15) is 0 Å². The Labute approximate surface area is 169 Å². The third-order valence-corrected chi connectivity index (χ3v) is 5.05. The Kier molecular flexibility index (Phi) is 6.87. The summed E-state index contributed by atoms with van der Waals surface area (Å²) in [5, 5.41) is 6.45. The first-order valence-electron chi connectivity index (χ1n) is 9.58. The lowest BCUT2D eigenvalue weighted by molar-refractivity contribution is -0.120. The number of pyridine rings is 1. The Morgan fingerprint density at radius 3 is 2.57 bits per heavy atom.